The third-order valence-electron chi connectivity index (χ3n) is 6.15. The van der Waals surface area contributed by atoms with Gasteiger partial charge in [0.05, 0.1) is 38.3 Å². The van der Waals surface area contributed by atoms with Gasteiger partial charge in [0.15, 0.2) is 0 Å². The van der Waals surface area contributed by atoms with E-state index < -0.39 is 17.7 Å². The molecule has 33 heavy (non-hydrogen) atoms. The molecular formula is C24H27F3N2O4. The fraction of sp³-hybridized carbons (Fsp3) is 0.500. The summed E-state index contributed by atoms with van der Waals surface area (Å²) < 4.78 is 57.0. The molecule has 2 unspecified atom stereocenters. The molecule has 1 saturated heterocycles. The summed E-state index contributed by atoms with van der Waals surface area (Å²) in [5.74, 6) is -4.02. The first-order valence-electron chi connectivity index (χ1n) is 11.0. The Hall–Kier alpha value is -2.97. The number of ether oxygens (including phenoxy) is 3. The van der Waals surface area contributed by atoms with Crippen LogP contribution in [0.2, 0.25) is 0 Å². The maximum Gasteiger partial charge on any atom is 0.306 e. The topological polar surface area (TPSA) is 60.9 Å². The molecule has 1 aliphatic heterocycles. The van der Waals surface area contributed by atoms with Crippen LogP contribution in [0, 0.1) is 11.7 Å². The zero-order valence-electron chi connectivity index (χ0n) is 18.6. The number of alkyl halides is 2. The summed E-state index contributed by atoms with van der Waals surface area (Å²) in [5, 5.41) is 0. The number of benzene rings is 1. The third-order valence-corrected chi connectivity index (χ3v) is 6.15. The molecule has 1 saturated carbocycles. The van der Waals surface area contributed by atoms with E-state index in [0.717, 1.165) is 5.56 Å². The molecule has 0 spiro atoms. The number of hydrogen-bond donors (Lipinski definition) is 0. The van der Waals surface area contributed by atoms with Crippen LogP contribution in [0.1, 0.15) is 37.7 Å². The molecule has 0 N–H and O–H groups in total. The molecule has 1 aromatic heterocycles. The van der Waals surface area contributed by atoms with E-state index in [1.165, 1.54) is 13.3 Å². The fourth-order valence-corrected chi connectivity index (χ4v) is 3.95. The monoisotopic (exact) mass is 464 g/mol. The van der Waals surface area contributed by atoms with Crippen LogP contribution in [0.25, 0.3) is 0 Å². The molecule has 3 atom stereocenters. The van der Waals surface area contributed by atoms with Gasteiger partial charge in [0.25, 0.3) is 11.8 Å². The van der Waals surface area contributed by atoms with Gasteiger partial charge >= 0.3 is 5.97 Å². The second-order valence-corrected chi connectivity index (χ2v) is 8.65. The molecule has 2 heterocycles. The number of rotatable bonds is 9. The number of carbonyl (C=O) groups is 1. The van der Waals surface area contributed by atoms with Crippen LogP contribution in [-0.2, 0) is 9.53 Å². The van der Waals surface area contributed by atoms with E-state index in [1.807, 2.05) is 36.1 Å². The van der Waals surface area contributed by atoms with Crippen molar-refractivity contribution in [3.05, 3.63) is 47.9 Å². The van der Waals surface area contributed by atoms with Gasteiger partial charge < -0.3 is 19.1 Å². The quantitative estimate of drug-likeness (QED) is 0.507. The molecule has 2 fully saturated rings. The Morgan fingerprint density at radius 3 is 2.67 bits per heavy atom. The lowest BCUT2D eigenvalue weighted by molar-refractivity contribution is -0.140. The van der Waals surface area contributed by atoms with Gasteiger partial charge in [-0.15, -0.1) is 0 Å². The number of pyridine rings is 1. The van der Waals surface area contributed by atoms with Crippen LogP contribution in [-0.4, -0.2) is 49.8 Å². The molecule has 6 nitrogen and oxygen atoms in total. The fourth-order valence-electron chi connectivity index (χ4n) is 3.95. The molecule has 2 aliphatic rings. The van der Waals surface area contributed by atoms with E-state index in [9.17, 15) is 18.0 Å². The standard InChI is InChI=1S/C24H27F3N2O4/c1-15(11-21(30)31-2)16-3-5-18(6-4-16)33-19-8-10-29(13-19)20-7-9-28-23(22(20)25)32-14-17-12-24(17,26)27/h3-7,9,15,17,19H,8,10-14H2,1-2H3/t15-,17?,19?/m1/s1. The van der Waals surface area contributed by atoms with E-state index in [2.05, 4.69) is 4.98 Å². The van der Waals surface area contributed by atoms with Gasteiger partial charge in [-0.05, 0) is 29.7 Å². The van der Waals surface area contributed by atoms with Crippen molar-refractivity contribution in [3.8, 4) is 11.6 Å². The summed E-state index contributed by atoms with van der Waals surface area (Å²) in [5.41, 5.74) is 1.33. The predicted molar refractivity (Wildman–Crippen MR) is 115 cm³/mol. The normalized spacial score (nSPS) is 22.0. The molecule has 9 heteroatoms. The molecule has 4 rings (SSSR count). The smallest absolute Gasteiger partial charge is 0.306 e. The van der Waals surface area contributed by atoms with Crippen molar-refractivity contribution in [2.45, 2.75) is 44.1 Å². The Kier molecular flexibility index (Phi) is 6.67. The summed E-state index contributed by atoms with van der Waals surface area (Å²) in [4.78, 5) is 17.2. The van der Waals surface area contributed by atoms with Crippen molar-refractivity contribution >= 4 is 11.7 Å². The highest BCUT2D eigenvalue weighted by atomic mass is 19.3. The zero-order chi connectivity index (χ0) is 23.6. The molecule has 1 aromatic carbocycles. The molecule has 1 aliphatic carbocycles. The summed E-state index contributed by atoms with van der Waals surface area (Å²) >= 11 is 0. The van der Waals surface area contributed by atoms with Crippen LogP contribution in [0.5, 0.6) is 11.6 Å². The lowest BCUT2D eigenvalue weighted by atomic mass is 9.98. The highest BCUT2D eigenvalue weighted by Crippen LogP contribution is 2.48. The highest BCUT2D eigenvalue weighted by Gasteiger charge is 2.57. The van der Waals surface area contributed by atoms with Crippen LogP contribution >= 0.6 is 0 Å². The molecule has 2 aromatic rings. The first-order chi connectivity index (χ1) is 15.8. The number of nitrogens with zero attached hydrogens (tertiary/aromatic N) is 2. The van der Waals surface area contributed by atoms with Crippen molar-refractivity contribution < 1.29 is 32.2 Å². The van der Waals surface area contributed by atoms with Crippen LogP contribution in [0.15, 0.2) is 36.5 Å². The lowest BCUT2D eigenvalue weighted by Crippen LogP contribution is -2.25. The van der Waals surface area contributed by atoms with Crippen LogP contribution in [0.3, 0.4) is 0 Å². The average molecular weight is 464 g/mol. The molecular weight excluding hydrogens is 437 g/mol. The zero-order valence-corrected chi connectivity index (χ0v) is 18.6. The van der Waals surface area contributed by atoms with Gasteiger partial charge in [0, 0.05) is 25.6 Å². The van der Waals surface area contributed by atoms with Crippen molar-refractivity contribution in [1.29, 1.82) is 0 Å². The summed E-state index contributed by atoms with van der Waals surface area (Å²) in [6, 6.07) is 9.11. The Balaban J connectivity index is 1.32. The van der Waals surface area contributed by atoms with Gasteiger partial charge in [-0.1, -0.05) is 19.1 Å². The van der Waals surface area contributed by atoms with Gasteiger partial charge in [-0.3, -0.25) is 4.79 Å². The summed E-state index contributed by atoms with van der Waals surface area (Å²) in [6.07, 6.45) is 2.06. The number of aromatic nitrogens is 1. The Morgan fingerprint density at radius 1 is 1.27 bits per heavy atom. The van der Waals surface area contributed by atoms with Gasteiger partial charge in [0.1, 0.15) is 11.9 Å². The van der Waals surface area contributed by atoms with E-state index in [4.69, 9.17) is 14.2 Å². The maximum atomic E-state index is 14.9. The molecule has 178 valence electrons. The Bertz CT molecular complexity index is 986. The maximum absolute atomic E-state index is 14.9. The van der Waals surface area contributed by atoms with Crippen molar-refractivity contribution in [2.24, 2.45) is 5.92 Å². The first-order valence-corrected chi connectivity index (χ1v) is 11.0. The second kappa shape index (κ2) is 9.49. The SMILES string of the molecule is COC(=O)C[C@@H](C)c1ccc(OC2CCN(c3ccnc(OCC4CC4(F)F)c3F)C2)cc1. The van der Waals surface area contributed by atoms with Crippen molar-refractivity contribution in [3.63, 3.8) is 0 Å². The van der Waals surface area contributed by atoms with Gasteiger partial charge in [-0.25, -0.2) is 13.8 Å². The van der Waals surface area contributed by atoms with Gasteiger partial charge in [0.2, 0.25) is 5.82 Å². The van der Waals surface area contributed by atoms with Crippen molar-refractivity contribution in [2.75, 3.05) is 31.7 Å². The minimum absolute atomic E-state index is 0.0331. The van der Waals surface area contributed by atoms with E-state index in [0.29, 0.717) is 37.4 Å². The van der Waals surface area contributed by atoms with E-state index in [1.54, 1.807) is 6.07 Å². The van der Waals surface area contributed by atoms with Crippen molar-refractivity contribution in [1.82, 2.24) is 4.98 Å². The minimum Gasteiger partial charge on any atom is -0.489 e. The minimum atomic E-state index is -2.72. The number of hydrogen-bond acceptors (Lipinski definition) is 6. The number of carbonyl (C=O) groups excluding carboxylic acids is 1. The third kappa shape index (κ3) is 5.51. The summed E-state index contributed by atoms with van der Waals surface area (Å²) in [6.45, 7) is 2.76. The number of halogens is 3. The van der Waals surface area contributed by atoms with Crippen LogP contribution < -0.4 is 14.4 Å². The second-order valence-electron chi connectivity index (χ2n) is 8.65. The van der Waals surface area contributed by atoms with E-state index in [-0.39, 0.29) is 36.9 Å². The Labute approximate surface area is 190 Å². The Morgan fingerprint density at radius 2 is 2.00 bits per heavy atom. The number of methoxy groups -OCH3 is 1. The van der Waals surface area contributed by atoms with Crippen LogP contribution in [0.4, 0.5) is 18.9 Å². The number of anilines is 1. The molecule has 0 radical (unpaired) electrons. The predicted octanol–water partition coefficient (Wildman–Crippen LogP) is 4.58. The highest BCUT2D eigenvalue weighted by molar-refractivity contribution is 5.70. The van der Waals surface area contributed by atoms with Gasteiger partial charge in [-0.2, -0.15) is 4.39 Å². The largest absolute Gasteiger partial charge is 0.489 e. The summed E-state index contributed by atoms with van der Waals surface area (Å²) in [7, 11) is 1.37. The first kappa shape index (κ1) is 23.2. The lowest BCUT2D eigenvalue weighted by Gasteiger charge is -2.20. The molecule has 0 bridgehead atoms. The van der Waals surface area contributed by atoms with E-state index >= 15 is 0 Å². The average Bonchev–Trinajstić information content (AvgIpc) is 3.16. The molecule has 0 amide bonds. The number of esters is 1.